The van der Waals surface area contributed by atoms with Crippen molar-refractivity contribution in [1.82, 2.24) is 20.3 Å². The number of benzene rings is 1. The zero-order chi connectivity index (χ0) is 17.6. The van der Waals surface area contributed by atoms with Crippen LogP contribution in [0.3, 0.4) is 0 Å². The Morgan fingerprint density at radius 3 is 2.84 bits per heavy atom. The molecule has 9 heteroatoms. The number of nitrogens with zero attached hydrogens (tertiary/aromatic N) is 3. The molecule has 0 radical (unpaired) electrons. The molecule has 0 bridgehead atoms. The second-order valence-corrected chi connectivity index (χ2v) is 7.13. The zero-order valence-corrected chi connectivity index (χ0v) is 14.2. The van der Waals surface area contributed by atoms with Crippen molar-refractivity contribution in [3.63, 3.8) is 0 Å². The lowest BCUT2D eigenvalue weighted by atomic mass is 10.1. The van der Waals surface area contributed by atoms with Gasteiger partial charge in [-0.25, -0.2) is 15.0 Å². The molecule has 2 aromatic heterocycles. The van der Waals surface area contributed by atoms with Crippen molar-refractivity contribution in [2.45, 2.75) is 18.6 Å². The number of aromatic nitrogens is 2. The number of hydrogen-bond donors (Lipinski definition) is 2. The molecular formula is C16H16F3N5S. The smallest absolute Gasteiger partial charge is 0.316 e. The number of halogens is 3. The highest BCUT2D eigenvalue weighted by Crippen LogP contribution is 2.37. The minimum Gasteiger partial charge on any atom is -0.316 e. The third-order valence-electron chi connectivity index (χ3n) is 4.39. The minimum absolute atomic E-state index is 0.430. The molecule has 3 aromatic rings. The first-order valence-corrected chi connectivity index (χ1v) is 8.71. The van der Waals surface area contributed by atoms with Crippen molar-refractivity contribution in [1.29, 1.82) is 0 Å². The molecule has 0 unspecified atom stereocenters. The fourth-order valence-corrected chi connectivity index (χ4v) is 4.08. The lowest BCUT2D eigenvalue weighted by Crippen LogP contribution is -2.33. The van der Waals surface area contributed by atoms with Gasteiger partial charge in [-0.1, -0.05) is 6.07 Å². The minimum atomic E-state index is -4.34. The molecule has 4 rings (SSSR count). The number of hydrogen-bond acceptors (Lipinski definition) is 6. The third-order valence-corrected chi connectivity index (χ3v) is 5.47. The summed E-state index contributed by atoms with van der Waals surface area (Å²) >= 11 is 1.27. The van der Waals surface area contributed by atoms with Gasteiger partial charge in [0.25, 0.3) is 0 Å². The molecule has 1 aliphatic rings. The SMILES string of the molecule is CN[C@H]1CCN(Nc2ncc3sc4cc(C(F)(F)F)ccc4c3n2)C1. The van der Waals surface area contributed by atoms with Crippen LogP contribution < -0.4 is 10.7 Å². The summed E-state index contributed by atoms with van der Waals surface area (Å²) in [5, 5.41) is 5.99. The van der Waals surface area contributed by atoms with E-state index in [1.807, 2.05) is 12.1 Å². The quantitative estimate of drug-likeness (QED) is 0.742. The summed E-state index contributed by atoms with van der Waals surface area (Å²) in [5.41, 5.74) is 3.21. The molecule has 3 heterocycles. The van der Waals surface area contributed by atoms with Gasteiger partial charge < -0.3 is 5.32 Å². The summed E-state index contributed by atoms with van der Waals surface area (Å²) in [6.07, 6.45) is -1.65. The van der Waals surface area contributed by atoms with E-state index in [4.69, 9.17) is 0 Å². The maximum atomic E-state index is 12.9. The summed E-state index contributed by atoms with van der Waals surface area (Å²) in [7, 11) is 1.93. The standard InChI is InChI=1S/C16H16F3N5S/c1-20-10-4-5-24(8-10)23-15-21-7-13-14(22-15)11-3-2-9(16(17,18)19)6-12(11)25-13/h2-3,6-7,10,20H,4-5,8H2,1H3,(H,21,22,23)/t10-/m0/s1. The Labute approximate surface area is 145 Å². The van der Waals surface area contributed by atoms with Crippen LogP contribution in [-0.4, -0.2) is 41.2 Å². The normalized spacial score (nSPS) is 19.1. The molecule has 132 valence electrons. The molecule has 2 N–H and O–H groups in total. The van der Waals surface area contributed by atoms with Crippen LogP contribution in [0.15, 0.2) is 24.4 Å². The summed E-state index contributed by atoms with van der Waals surface area (Å²) in [6, 6.07) is 4.19. The number of likely N-dealkylation sites (N-methyl/N-ethyl adjacent to an activating group) is 1. The topological polar surface area (TPSA) is 53.1 Å². The van der Waals surface area contributed by atoms with Gasteiger partial charge >= 0.3 is 6.18 Å². The van der Waals surface area contributed by atoms with Crippen LogP contribution in [0, 0.1) is 0 Å². The number of nitrogens with one attached hydrogen (secondary N) is 2. The lowest BCUT2D eigenvalue weighted by molar-refractivity contribution is -0.137. The molecule has 0 spiro atoms. The van der Waals surface area contributed by atoms with Crippen LogP contribution in [0.4, 0.5) is 19.1 Å². The predicted octanol–water partition coefficient (Wildman–Crippen LogP) is 3.48. The van der Waals surface area contributed by atoms with E-state index in [1.54, 1.807) is 6.20 Å². The van der Waals surface area contributed by atoms with E-state index in [1.165, 1.54) is 23.5 Å². The van der Waals surface area contributed by atoms with Gasteiger partial charge in [-0.3, -0.25) is 5.43 Å². The average molecular weight is 367 g/mol. The number of alkyl halides is 3. The maximum Gasteiger partial charge on any atom is 0.416 e. The fraction of sp³-hybridized carbons (Fsp3) is 0.375. The van der Waals surface area contributed by atoms with Gasteiger partial charge in [0.1, 0.15) is 0 Å². The largest absolute Gasteiger partial charge is 0.416 e. The first-order valence-electron chi connectivity index (χ1n) is 7.89. The predicted molar refractivity (Wildman–Crippen MR) is 92.6 cm³/mol. The molecule has 0 amide bonds. The van der Waals surface area contributed by atoms with Gasteiger partial charge in [0, 0.05) is 29.2 Å². The van der Waals surface area contributed by atoms with Gasteiger partial charge in [0.05, 0.1) is 22.0 Å². The highest BCUT2D eigenvalue weighted by molar-refractivity contribution is 7.25. The zero-order valence-electron chi connectivity index (χ0n) is 13.4. The Kier molecular flexibility index (Phi) is 4.01. The summed E-state index contributed by atoms with van der Waals surface area (Å²) in [4.78, 5) is 8.81. The summed E-state index contributed by atoms with van der Waals surface area (Å²) < 4.78 is 40.0. The van der Waals surface area contributed by atoms with Gasteiger partial charge in [-0.05, 0) is 25.6 Å². The van der Waals surface area contributed by atoms with Crippen LogP contribution in [0.5, 0.6) is 0 Å². The van der Waals surface area contributed by atoms with Crippen molar-refractivity contribution in [2.24, 2.45) is 0 Å². The van der Waals surface area contributed by atoms with Crippen LogP contribution >= 0.6 is 11.3 Å². The van der Waals surface area contributed by atoms with Gasteiger partial charge in [0.2, 0.25) is 5.95 Å². The Morgan fingerprint density at radius 1 is 1.28 bits per heavy atom. The van der Waals surface area contributed by atoms with Crippen LogP contribution in [0.1, 0.15) is 12.0 Å². The number of anilines is 1. The van der Waals surface area contributed by atoms with E-state index in [0.29, 0.717) is 27.6 Å². The van der Waals surface area contributed by atoms with Crippen LogP contribution in [0.25, 0.3) is 20.3 Å². The first-order chi connectivity index (χ1) is 11.9. The van der Waals surface area contributed by atoms with E-state index in [0.717, 1.165) is 30.3 Å². The second kappa shape index (κ2) is 6.08. The van der Waals surface area contributed by atoms with E-state index >= 15 is 0 Å². The van der Waals surface area contributed by atoms with Crippen LogP contribution in [0.2, 0.25) is 0 Å². The Hall–Kier alpha value is -1.97. The average Bonchev–Trinajstić information content (AvgIpc) is 3.17. The monoisotopic (exact) mass is 367 g/mol. The van der Waals surface area contributed by atoms with Gasteiger partial charge in [-0.2, -0.15) is 13.2 Å². The number of hydrazine groups is 1. The second-order valence-electron chi connectivity index (χ2n) is 6.05. The summed E-state index contributed by atoms with van der Waals surface area (Å²) in [5.74, 6) is 0.462. The molecular weight excluding hydrogens is 351 g/mol. The number of rotatable bonds is 3. The molecule has 1 aromatic carbocycles. The highest BCUT2D eigenvalue weighted by atomic mass is 32.1. The molecule has 1 fully saturated rings. The fourth-order valence-electron chi connectivity index (χ4n) is 3.03. The Morgan fingerprint density at radius 2 is 2.12 bits per heavy atom. The molecule has 1 atom stereocenters. The van der Waals surface area contributed by atoms with E-state index in [-0.39, 0.29) is 0 Å². The van der Waals surface area contributed by atoms with Crippen molar-refractivity contribution in [3.8, 4) is 0 Å². The number of thiophene rings is 1. The maximum absolute atomic E-state index is 12.9. The van der Waals surface area contributed by atoms with Crippen molar-refractivity contribution in [2.75, 3.05) is 25.6 Å². The van der Waals surface area contributed by atoms with Crippen molar-refractivity contribution >= 4 is 37.6 Å². The Bertz CT molecular complexity index is 923. The van der Waals surface area contributed by atoms with Crippen LogP contribution in [-0.2, 0) is 6.18 Å². The molecule has 5 nitrogen and oxygen atoms in total. The molecule has 1 saturated heterocycles. The Balaban J connectivity index is 1.67. The lowest BCUT2D eigenvalue weighted by Gasteiger charge is -2.16. The van der Waals surface area contributed by atoms with E-state index < -0.39 is 11.7 Å². The molecule has 0 aliphatic carbocycles. The van der Waals surface area contributed by atoms with E-state index in [9.17, 15) is 13.2 Å². The molecule has 0 saturated carbocycles. The number of fused-ring (bicyclic) bond motifs is 3. The van der Waals surface area contributed by atoms with Crippen molar-refractivity contribution in [3.05, 3.63) is 30.0 Å². The molecule has 25 heavy (non-hydrogen) atoms. The third kappa shape index (κ3) is 3.14. The van der Waals surface area contributed by atoms with E-state index in [2.05, 4.69) is 20.7 Å². The summed E-state index contributed by atoms with van der Waals surface area (Å²) in [6.45, 7) is 1.73. The van der Waals surface area contributed by atoms with Gasteiger partial charge in [-0.15, -0.1) is 11.3 Å². The first kappa shape index (κ1) is 16.5. The molecule has 1 aliphatic heterocycles. The highest BCUT2D eigenvalue weighted by Gasteiger charge is 2.31. The van der Waals surface area contributed by atoms with Crippen molar-refractivity contribution < 1.29 is 13.2 Å². The van der Waals surface area contributed by atoms with Gasteiger partial charge in [0.15, 0.2) is 0 Å².